The summed E-state index contributed by atoms with van der Waals surface area (Å²) in [4.78, 5) is 23.2. The van der Waals surface area contributed by atoms with E-state index >= 15 is 0 Å². The standard InChI is InChI=1S/C15H22O4/c1-10(2)13(16)18-15(19-14(17)11(3)4)12-8-6-5-7-9-12/h12,15H,1,3,5-9H2,2,4H3. The summed E-state index contributed by atoms with van der Waals surface area (Å²) in [7, 11) is 0. The van der Waals surface area contributed by atoms with E-state index in [1.54, 1.807) is 13.8 Å². The van der Waals surface area contributed by atoms with Crippen LogP contribution in [0.1, 0.15) is 46.0 Å². The second kappa shape index (κ2) is 7.12. The fraction of sp³-hybridized carbons (Fsp3) is 0.600. The van der Waals surface area contributed by atoms with Gasteiger partial charge in [-0.05, 0) is 26.7 Å². The highest BCUT2D eigenvalue weighted by atomic mass is 16.7. The Kier molecular flexibility index (Phi) is 5.80. The SMILES string of the molecule is C=C(C)C(=O)OC(OC(=O)C(=C)C)C1CCCCC1. The summed E-state index contributed by atoms with van der Waals surface area (Å²) < 4.78 is 10.5. The fourth-order valence-corrected chi connectivity index (χ4v) is 2.04. The monoisotopic (exact) mass is 266 g/mol. The molecule has 0 aromatic rings. The molecule has 0 aromatic carbocycles. The summed E-state index contributed by atoms with van der Waals surface area (Å²) >= 11 is 0. The Morgan fingerprint density at radius 1 is 0.947 bits per heavy atom. The third-order valence-electron chi connectivity index (χ3n) is 3.18. The van der Waals surface area contributed by atoms with Crippen LogP contribution in [0.4, 0.5) is 0 Å². The minimum absolute atomic E-state index is 0.0698. The van der Waals surface area contributed by atoms with Gasteiger partial charge in [0.25, 0.3) is 6.29 Å². The van der Waals surface area contributed by atoms with Crippen molar-refractivity contribution in [3.05, 3.63) is 24.3 Å². The van der Waals surface area contributed by atoms with Crippen molar-refractivity contribution < 1.29 is 19.1 Å². The highest BCUT2D eigenvalue weighted by Crippen LogP contribution is 2.29. The molecule has 1 aliphatic rings. The average Bonchev–Trinajstić information content (AvgIpc) is 2.38. The van der Waals surface area contributed by atoms with E-state index in [1.165, 1.54) is 6.42 Å². The van der Waals surface area contributed by atoms with E-state index in [0.717, 1.165) is 25.7 Å². The lowest BCUT2D eigenvalue weighted by atomic mass is 9.89. The molecule has 4 nitrogen and oxygen atoms in total. The van der Waals surface area contributed by atoms with Crippen LogP contribution in [0, 0.1) is 5.92 Å². The van der Waals surface area contributed by atoms with Crippen LogP contribution < -0.4 is 0 Å². The molecule has 0 aliphatic heterocycles. The van der Waals surface area contributed by atoms with Gasteiger partial charge in [0, 0.05) is 17.1 Å². The highest BCUT2D eigenvalue weighted by Gasteiger charge is 2.30. The quantitative estimate of drug-likeness (QED) is 0.436. The van der Waals surface area contributed by atoms with Crippen molar-refractivity contribution in [1.29, 1.82) is 0 Å². The Labute approximate surface area is 114 Å². The predicted octanol–water partition coefficient (Wildman–Crippen LogP) is 3.13. The molecule has 0 unspecified atom stereocenters. The number of carbonyl (C=O) groups excluding carboxylic acids is 2. The van der Waals surface area contributed by atoms with Gasteiger partial charge >= 0.3 is 11.9 Å². The molecule has 0 atom stereocenters. The number of hydrogen-bond donors (Lipinski definition) is 0. The molecule has 0 bridgehead atoms. The molecular formula is C15H22O4. The summed E-state index contributed by atoms with van der Waals surface area (Å²) in [5, 5.41) is 0. The van der Waals surface area contributed by atoms with Crippen molar-refractivity contribution in [2.24, 2.45) is 5.92 Å². The second-order valence-corrected chi connectivity index (χ2v) is 5.14. The van der Waals surface area contributed by atoms with Crippen molar-refractivity contribution in [3.63, 3.8) is 0 Å². The molecule has 0 N–H and O–H groups in total. The smallest absolute Gasteiger partial charge is 0.336 e. The van der Waals surface area contributed by atoms with Gasteiger partial charge in [0.2, 0.25) is 0 Å². The molecule has 0 amide bonds. The lowest BCUT2D eigenvalue weighted by Crippen LogP contribution is -2.33. The fourth-order valence-electron chi connectivity index (χ4n) is 2.04. The second-order valence-electron chi connectivity index (χ2n) is 5.14. The van der Waals surface area contributed by atoms with E-state index in [4.69, 9.17) is 9.47 Å². The van der Waals surface area contributed by atoms with Crippen molar-refractivity contribution in [1.82, 2.24) is 0 Å². The summed E-state index contributed by atoms with van der Waals surface area (Å²) in [6.07, 6.45) is 4.28. The molecule has 1 aliphatic carbocycles. The Bertz CT molecular complexity index is 350. The number of rotatable bonds is 5. The van der Waals surface area contributed by atoms with Gasteiger partial charge in [-0.2, -0.15) is 0 Å². The molecule has 106 valence electrons. The zero-order valence-corrected chi connectivity index (χ0v) is 11.7. The first-order chi connectivity index (χ1) is 8.91. The largest absolute Gasteiger partial charge is 0.421 e. The van der Waals surface area contributed by atoms with Gasteiger partial charge in [0.15, 0.2) is 0 Å². The zero-order valence-electron chi connectivity index (χ0n) is 11.7. The van der Waals surface area contributed by atoms with Gasteiger partial charge in [-0.15, -0.1) is 0 Å². The van der Waals surface area contributed by atoms with Crippen LogP contribution in [0.2, 0.25) is 0 Å². The Morgan fingerprint density at radius 3 is 1.74 bits per heavy atom. The van der Waals surface area contributed by atoms with Crippen molar-refractivity contribution in [2.75, 3.05) is 0 Å². The molecule has 0 heterocycles. The van der Waals surface area contributed by atoms with Crippen LogP contribution in [0.15, 0.2) is 24.3 Å². The summed E-state index contributed by atoms with van der Waals surface area (Å²) in [5.41, 5.74) is 0.597. The molecule has 1 saturated carbocycles. The van der Waals surface area contributed by atoms with Gasteiger partial charge in [-0.1, -0.05) is 32.4 Å². The molecule has 1 rings (SSSR count). The first-order valence-corrected chi connectivity index (χ1v) is 6.64. The van der Waals surface area contributed by atoms with Crippen LogP contribution in [0.25, 0.3) is 0 Å². The number of carbonyl (C=O) groups is 2. The maximum Gasteiger partial charge on any atom is 0.336 e. The average molecular weight is 266 g/mol. The van der Waals surface area contributed by atoms with E-state index < -0.39 is 18.2 Å². The molecule has 0 spiro atoms. The van der Waals surface area contributed by atoms with Crippen LogP contribution in [0.5, 0.6) is 0 Å². The van der Waals surface area contributed by atoms with E-state index in [1.807, 2.05) is 0 Å². The van der Waals surface area contributed by atoms with Gasteiger partial charge < -0.3 is 9.47 Å². The predicted molar refractivity (Wildman–Crippen MR) is 72.2 cm³/mol. The van der Waals surface area contributed by atoms with E-state index in [9.17, 15) is 9.59 Å². The molecular weight excluding hydrogens is 244 g/mol. The maximum absolute atomic E-state index is 11.6. The lowest BCUT2D eigenvalue weighted by molar-refractivity contribution is -0.194. The van der Waals surface area contributed by atoms with Crippen molar-refractivity contribution in [2.45, 2.75) is 52.2 Å². The first-order valence-electron chi connectivity index (χ1n) is 6.64. The lowest BCUT2D eigenvalue weighted by Gasteiger charge is -2.29. The number of ether oxygens (including phenoxy) is 2. The molecule has 19 heavy (non-hydrogen) atoms. The molecule has 0 aromatic heterocycles. The van der Waals surface area contributed by atoms with Crippen LogP contribution in [0.3, 0.4) is 0 Å². The van der Waals surface area contributed by atoms with E-state index in [-0.39, 0.29) is 5.92 Å². The van der Waals surface area contributed by atoms with Crippen molar-refractivity contribution >= 4 is 11.9 Å². The number of hydrogen-bond acceptors (Lipinski definition) is 4. The van der Waals surface area contributed by atoms with Crippen LogP contribution in [-0.2, 0) is 19.1 Å². The van der Waals surface area contributed by atoms with E-state index in [2.05, 4.69) is 13.2 Å². The molecule has 0 radical (unpaired) electrons. The number of esters is 2. The highest BCUT2D eigenvalue weighted by molar-refractivity contribution is 5.88. The first kappa shape index (κ1) is 15.5. The Morgan fingerprint density at radius 2 is 1.37 bits per heavy atom. The normalized spacial score (nSPS) is 15.9. The summed E-state index contributed by atoms with van der Waals surface area (Å²) in [6.45, 7) is 10.2. The topological polar surface area (TPSA) is 52.6 Å². The van der Waals surface area contributed by atoms with Crippen LogP contribution in [-0.4, -0.2) is 18.2 Å². The third-order valence-corrected chi connectivity index (χ3v) is 3.18. The van der Waals surface area contributed by atoms with E-state index in [0.29, 0.717) is 11.1 Å². The Hall–Kier alpha value is -1.58. The minimum atomic E-state index is -0.825. The minimum Gasteiger partial charge on any atom is -0.421 e. The Balaban J connectivity index is 2.71. The maximum atomic E-state index is 11.6. The molecule has 0 saturated heterocycles. The van der Waals surface area contributed by atoms with Gasteiger partial charge in [0.05, 0.1) is 0 Å². The van der Waals surface area contributed by atoms with Gasteiger partial charge in [-0.25, -0.2) is 9.59 Å². The summed E-state index contributed by atoms with van der Waals surface area (Å²) in [6, 6.07) is 0. The van der Waals surface area contributed by atoms with Crippen molar-refractivity contribution in [3.8, 4) is 0 Å². The molecule has 1 fully saturated rings. The van der Waals surface area contributed by atoms with Gasteiger partial charge in [0.1, 0.15) is 0 Å². The van der Waals surface area contributed by atoms with Gasteiger partial charge in [-0.3, -0.25) is 0 Å². The van der Waals surface area contributed by atoms with Crippen LogP contribution >= 0.6 is 0 Å². The summed E-state index contributed by atoms with van der Waals surface area (Å²) in [5.74, 6) is -0.976. The molecule has 4 heteroatoms. The zero-order chi connectivity index (χ0) is 14.4. The third kappa shape index (κ3) is 4.89.